The van der Waals surface area contributed by atoms with Crippen LogP contribution in [-0.2, 0) is 0 Å². The van der Waals surface area contributed by atoms with Crippen LogP contribution in [0.1, 0.15) is 0 Å². The normalized spacial score (nSPS) is 12.2. The molecule has 0 radical (unpaired) electrons. The van der Waals surface area contributed by atoms with Gasteiger partial charge in [-0.05, 0) is 64.7 Å². The van der Waals surface area contributed by atoms with Gasteiger partial charge in [0.15, 0.2) is 0 Å². The molecule has 3 heterocycles. The average molecular weight is 484 g/mol. The molecule has 0 N–H and O–H groups in total. The van der Waals surface area contributed by atoms with Crippen LogP contribution >= 0.6 is 0 Å². The van der Waals surface area contributed by atoms with Crippen LogP contribution in [0, 0.1) is 0 Å². The zero-order valence-electron chi connectivity index (χ0n) is 20.5. The van der Waals surface area contributed by atoms with Crippen LogP contribution < -0.4 is 0 Å². The number of rotatable bonds is 1. The summed E-state index contributed by atoms with van der Waals surface area (Å²) in [5, 5.41) is 4.85. The highest BCUT2D eigenvalue weighted by Gasteiger charge is 2.25. The summed E-state index contributed by atoms with van der Waals surface area (Å²) < 4.78 is 8.59. The van der Waals surface area contributed by atoms with Crippen LogP contribution in [-0.4, -0.2) is 4.57 Å². The summed E-state index contributed by atoms with van der Waals surface area (Å²) in [5.74, 6) is 0. The predicted octanol–water partition coefficient (Wildman–Crippen LogP) is 10.00. The Hall–Kier alpha value is -5.08. The summed E-state index contributed by atoms with van der Waals surface area (Å²) >= 11 is 0. The van der Waals surface area contributed by atoms with Gasteiger partial charge in [0.25, 0.3) is 0 Å². The molecule has 0 aliphatic carbocycles. The maximum absolute atomic E-state index is 6.12. The third kappa shape index (κ3) is 2.56. The Bertz CT molecular complexity index is 2240. The fraction of sp³-hybridized carbons (Fsp3) is 0. The summed E-state index contributed by atoms with van der Waals surface area (Å²) in [6, 6.07) is 46.0. The van der Waals surface area contributed by atoms with Crippen LogP contribution in [0.5, 0.6) is 0 Å². The van der Waals surface area contributed by atoms with Crippen LogP contribution in [0.2, 0.25) is 0 Å². The van der Waals surface area contributed by atoms with E-state index in [-0.39, 0.29) is 0 Å². The van der Waals surface area contributed by atoms with E-state index in [1.165, 1.54) is 60.9 Å². The van der Waals surface area contributed by atoms with Crippen molar-refractivity contribution >= 4 is 43.7 Å². The Morgan fingerprint density at radius 3 is 1.97 bits per heavy atom. The van der Waals surface area contributed by atoms with Crippen molar-refractivity contribution < 1.29 is 4.42 Å². The molecule has 6 aromatic carbocycles. The molecular weight excluding hydrogens is 462 g/mol. The first-order valence-electron chi connectivity index (χ1n) is 13.0. The first-order chi connectivity index (χ1) is 18.8. The third-order valence-electron chi connectivity index (χ3n) is 8.13. The van der Waals surface area contributed by atoms with Gasteiger partial charge in [-0.3, -0.25) is 0 Å². The number of aromatic nitrogens is 1. The molecule has 38 heavy (non-hydrogen) atoms. The highest BCUT2D eigenvalue weighted by Crippen LogP contribution is 2.48. The van der Waals surface area contributed by atoms with Gasteiger partial charge >= 0.3 is 0 Å². The van der Waals surface area contributed by atoms with Crippen molar-refractivity contribution in [2.24, 2.45) is 0 Å². The lowest BCUT2D eigenvalue weighted by Gasteiger charge is -2.12. The largest absolute Gasteiger partial charge is 0.456 e. The first-order valence-corrected chi connectivity index (χ1v) is 13.0. The van der Waals surface area contributed by atoms with Crippen LogP contribution in [0.25, 0.3) is 82.8 Å². The maximum Gasteiger partial charge on any atom is 0.135 e. The van der Waals surface area contributed by atoms with Gasteiger partial charge in [0.05, 0.1) is 16.7 Å². The van der Waals surface area contributed by atoms with Crippen molar-refractivity contribution in [3.63, 3.8) is 0 Å². The van der Waals surface area contributed by atoms with E-state index in [1.807, 2.05) is 12.1 Å². The summed E-state index contributed by atoms with van der Waals surface area (Å²) in [5.41, 5.74) is 13.0. The van der Waals surface area contributed by atoms with Crippen molar-refractivity contribution in [2.75, 3.05) is 0 Å². The number of hydrogen-bond acceptors (Lipinski definition) is 1. The quantitative estimate of drug-likeness (QED) is 0.227. The van der Waals surface area contributed by atoms with E-state index in [0.717, 1.165) is 21.9 Å². The van der Waals surface area contributed by atoms with E-state index < -0.39 is 0 Å². The fourth-order valence-corrected chi connectivity index (χ4v) is 6.47. The van der Waals surface area contributed by atoms with E-state index in [1.54, 1.807) is 0 Å². The van der Waals surface area contributed by atoms with Gasteiger partial charge in [-0.25, -0.2) is 0 Å². The van der Waals surface area contributed by atoms with Gasteiger partial charge in [0.1, 0.15) is 11.2 Å². The van der Waals surface area contributed by atoms with Crippen molar-refractivity contribution in [3.05, 3.63) is 127 Å². The lowest BCUT2D eigenvalue weighted by molar-refractivity contribution is 0.669. The molecule has 0 unspecified atom stereocenters. The monoisotopic (exact) mass is 483 g/mol. The van der Waals surface area contributed by atoms with Crippen LogP contribution in [0.15, 0.2) is 132 Å². The van der Waals surface area contributed by atoms with E-state index in [0.29, 0.717) is 0 Å². The average Bonchev–Trinajstić information content (AvgIpc) is 3.48. The molecule has 2 heteroatoms. The molecular formula is C36H21NO. The number of fused-ring (bicyclic) bond motifs is 11. The van der Waals surface area contributed by atoms with E-state index in [4.69, 9.17) is 4.42 Å². The zero-order chi connectivity index (χ0) is 24.8. The Morgan fingerprint density at radius 2 is 1.08 bits per heavy atom. The van der Waals surface area contributed by atoms with Gasteiger partial charge in [0, 0.05) is 32.7 Å². The number of hydrogen-bond donors (Lipinski definition) is 0. The van der Waals surface area contributed by atoms with Crippen molar-refractivity contribution in [2.45, 2.75) is 0 Å². The number of benzene rings is 6. The molecule has 0 bridgehead atoms. The molecule has 2 nitrogen and oxygen atoms in total. The molecule has 0 atom stereocenters. The van der Waals surface area contributed by atoms with Gasteiger partial charge in [-0.1, -0.05) is 84.9 Å². The molecule has 0 saturated carbocycles. The van der Waals surface area contributed by atoms with Crippen LogP contribution in [0.4, 0.5) is 0 Å². The SMILES string of the molecule is c1ccc2c(c1)-c1ccccc1-n1c3ccccc3c3cc(-c4ccc5oc6ccccc6c5c4)cc-2c31. The van der Waals surface area contributed by atoms with E-state index in [2.05, 4.69) is 120 Å². The molecule has 2 aromatic heterocycles. The minimum absolute atomic E-state index is 0.923. The summed E-state index contributed by atoms with van der Waals surface area (Å²) in [6.45, 7) is 0. The summed E-state index contributed by atoms with van der Waals surface area (Å²) in [6.07, 6.45) is 0. The highest BCUT2D eigenvalue weighted by molar-refractivity contribution is 6.18. The highest BCUT2D eigenvalue weighted by atomic mass is 16.3. The Balaban J connectivity index is 1.44. The van der Waals surface area contributed by atoms with Gasteiger partial charge < -0.3 is 8.98 Å². The summed E-state index contributed by atoms with van der Waals surface area (Å²) in [7, 11) is 0. The topological polar surface area (TPSA) is 18.1 Å². The van der Waals surface area contributed by atoms with Crippen LogP contribution in [0.3, 0.4) is 0 Å². The second-order valence-corrected chi connectivity index (χ2v) is 10.1. The lowest BCUT2D eigenvalue weighted by atomic mass is 9.91. The Labute approximate surface area is 219 Å². The minimum Gasteiger partial charge on any atom is -0.456 e. The summed E-state index contributed by atoms with van der Waals surface area (Å²) in [4.78, 5) is 0. The minimum atomic E-state index is 0.923. The Morgan fingerprint density at radius 1 is 0.421 bits per heavy atom. The van der Waals surface area contributed by atoms with Gasteiger partial charge in [0.2, 0.25) is 0 Å². The lowest BCUT2D eigenvalue weighted by Crippen LogP contribution is -1.95. The number of para-hydroxylation sites is 3. The van der Waals surface area contributed by atoms with Crippen molar-refractivity contribution in [1.29, 1.82) is 0 Å². The second-order valence-electron chi connectivity index (χ2n) is 10.1. The Kier molecular flexibility index (Phi) is 3.82. The first kappa shape index (κ1) is 20.0. The molecule has 0 fully saturated rings. The van der Waals surface area contributed by atoms with Crippen molar-refractivity contribution in [3.8, 4) is 39.1 Å². The van der Waals surface area contributed by atoms with Crippen molar-refractivity contribution in [1.82, 2.24) is 4.57 Å². The molecule has 0 spiro atoms. The third-order valence-corrected chi connectivity index (χ3v) is 8.13. The molecule has 8 aromatic rings. The number of furan rings is 1. The second kappa shape index (κ2) is 7.24. The molecule has 0 saturated heterocycles. The van der Waals surface area contributed by atoms with E-state index >= 15 is 0 Å². The molecule has 176 valence electrons. The molecule has 0 amide bonds. The van der Waals surface area contributed by atoms with E-state index in [9.17, 15) is 0 Å². The molecule has 9 rings (SSSR count). The molecule has 1 aliphatic heterocycles. The fourth-order valence-electron chi connectivity index (χ4n) is 6.47. The smallest absolute Gasteiger partial charge is 0.135 e. The standard InChI is InChI=1S/C36H21NO/c1-2-10-25-24(9-1)26-11-3-6-14-32(26)37-33-15-7-4-12-27(33)31-21-23(20-30(25)36(31)37)22-17-18-35-29(19-22)28-13-5-8-16-34(28)38-35/h1-21H. The zero-order valence-corrected chi connectivity index (χ0v) is 20.5. The van der Waals surface area contributed by atoms with Gasteiger partial charge in [-0.2, -0.15) is 0 Å². The predicted molar refractivity (Wildman–Crippen MR) is 158 cm³/mol. The number of nitrogens with zero attached hydrogens (tertiary/aromatic N) is 1. The maximum atomic E-state index is 6.12. The molecule has 1 aliphatic rings. The van der Waals surface area contributed by atoms with Gasteiger partial charge in [-0.15, -0.1) is 0 Å².